The molecule has 2 aromatic carbocycles. The minimum absolute atomic E-state index is 0.0362. The maximum absolute atomic E-state index is 12.2. The Labute approximate surface area is 145 Å². The number of carbonyl (C=O) groups excluding carboxylic acids is 1. The van der Waals surface area contributed by atoms with Gasteiger partial charge < -0.3 is 24.3 Å². The van der Waals surface area contributed by atoms with Crippen LogP contribution >= 0.6 is 0 Å². The van der Waals surface area contributed by atoms with E-state index in [-0.39, 0.29) is 12.0 Å². The predicted octanol–water partition coefficient (Wildman–Crippen LogP) is 2.30. The molecule has 2 aliphatic heterocycles. The van der Waals surface area contributed by atoms with Gasteiger partial charge in [-0.1, -0.05) is 12.1 Å². The first-order valence-electron chi connectivity index (χ1n) is 8.28. The Kier molecular flexibility index (Phi) is 4.54. The Morgan fingerprint density at radius 3 is 2.72 bits per heavy atom. The Balaban J connectivity index is 1.40. The average molecular weight is 341 g/mol. The number of benzene rings is 2. The zero-order chi connectivity index (χ0) is 17.1. The molecule has 4 rings (SSSR count). The summed E-state index contributed by atoms with van der Waals surface area (Å²) in [5.41, 5.74) is 1.40. The number of para-hydroxylation sites is 1. The molecule has 0 spiro atoms. The highest BCUT2D eigenvalue weighted by Gasteiger charge is 2.26. The molecule has 1 N–H and O–H groups in total. The van der Waals surface area contributed by atoms with Crippen LogP contribution in [0.4, 0.5) is 0 Å². The Hall–Kier alpha value is -2.57. The zero-order valence-electron chi connectivity index (χ0n) is 13.6. The maximum Gasteiger partial charge on any atom is 0.258 e. The van der Waals surface area contributed by atoms with Crippen molar-refractivity contribution >= 4 is 5.91 Å². The first kappa shape index (κ1) is 15.9. The van der Waals surface area contributed by atoms with E-state index in [4.69, 9.17) is 18.9 Å². The Morgan fingerprint density at radius 1 is 1.08 bits per heavy atom. The van der Waals surface area contributed by atoms with Crippen LogP contribution in [0.15, 0.2) is 48.5 Å². The number of carbonyl (C=O) groups is 1. The van der Waals surface area contributed by atoms with Crippen LogP contribution in [0.25, 0.3) is 0 Å². The van der Waals surface area contributed by atoms with Crippen molar-refractivity contribution in [2.24, 2.45) is 0 Å². The molecule has 1 fully saturated rings. The normalized spacial score (nSPS) is 22.5. The van der Waals surface area contributed by atoms with Crippen LogP contribution in [0.3, 0.4) is 0 Å². The molecule has 0 bridgehead atoms. The first-order chi connectivity index (χ1) is 12.3. The second kappa shape index (κ2) is 7.13. The predicted molar refractivity (Wildman–Crippen MR) is 89.8 cm³/mol. The SMILES string of the molecule is O=C1N[C@H](c2ccc(OC[C@H]3COCCO3)cc2)Oc2ccccc21. The van der Waals surface area contributed by atoms with Crippen LogP contribution in [0, 0.1) is 0 Å². The van der Waals surface area contributed by atoms with E-state index in [0.29, 0.717) is 37.7 Å². The van der Waals surface area contributed by atoms with Gasteiger partial charge in [-0.3, -0.25) is 4.79 Å². The molecule has 2 aliphatic rings. The number of hydrogen-bond donors (Lipinski definition) is 1. The van der Waals surface area contributed by atoms with Crippen LogP contribution in [-0.2, 0) is 9.47 Å². The monoisotopic (exact) mass is 341 g/mol. The molecule has 6 heteroatoms. The van der Waals surface area contributed by atoms with Gasteiger partial charge in [-0.2, -0.15) is 0 Å². The van der Waals surface area contributed by atoms with E-state index in [1.54, 1.807) is 12.1 Å². The lowest BCUT2D eigenvalue weighted by atomic mass is 10.1. The molecule has 2 aromatic rings. The van der Waals surface area contributed by atoms with E-state index >= 15 is 0 Å². The molecule has 6 nitrogen and oxygen atoms in total. The summed E-state index contributed by atoms with van der Waals surface area (Å²) in [6, 6.07) is 14.7. The second-order valence-electron chi connectivity index (χ2n) is 5.92. The summed E-state index contributed by atoms with van der Waals surface area (Å²) in [5.74, 6) is 1.19. The van der Waals surface area contributed by atoms with Crippen molar-refractivity contribution in [3.8, 4) is 11.5 Å². The van der Waals surface area contributed by atoms with Crippen molar-refractivity contribution in [2.45, 2.75) is 12.3 Å². The number of nitrogens with one attached hydrogen (secondary N) is 1. The third-order valence-electron chi connectivity index (χ3n) is 4.14. The topological polar surface area (TPSA) is 66.0 Å². The standard InChI is InChI=1S/C19H19NO5/c21-18-16-3-1-2-4-17(16)25-19(20-18)13-5-7-14(8-6-13)24-12-15-11-22-9-10-23-15/h1-8,15,19H,9-12H2,(H,20,21)/t15-,19+/m1/s1. The number of ether oxygens (including phenoxy) is 4. The van der Waals surface area contributed by atoms with Gasteiger partial charge in [0.2, 0.25) is 0 Å². The van der Waals surface area contributed by atoms with Crippen molar-refractivity contribution in [1.82, 2.24) is 5.32 Å². The molecular weight excluding hydrogens is 322 g/mol. The van der Waals surface area contributed by atoms with Gasteiger partial charge in [-0.25, -0.2) is 0 Å². The summed E-state index contributed by atoms with van der Waals surface area (Å²) in [7, 11) is 0. The molecule has 130 valence electrons. The van der Waals surface area contributed by atoms with Crippen molar-refractivity contribution in [3.05, 3.63) is 59.7 Å². The summed E-state index contributed by atoms with van der Waals surface area (Å²) >= 11 is 0. The van der Waals surface area contributed by atoms with Crippen LogP contribution in [0.5, 0.6) is 11.5 Å². The Bertz CT molecular complexity index is 740. The Morgan fingerprint density at radius 2 is 1.92 bits per heavy atom. The van der Waals surface area contributed by atoms with E-state index in [1.165, 1.54) is 0 Å². The lowest BCUT2D eigenvalue weighted by Crippen LogP contribution is -2.36. The molecule has 0 aromatic heterocycles. The van der Waals surface area contributed by atoms with Crippen molar-refractivity contribution in [3.63, 3.8) is 0 Å². The van der Waals surface area contributed by atoms with Gasteiger partial charge in [0.05, 0.1) is 25.4 Å². The summed E-state index contributed by atoms with van der Waals surface area (Å²) < 4.78 is 22.5. The number of hydrogen-bond acceptors (Lipinski definition) is 5. The minimum Gasteiger partial charge on any atom is -0.491 e. The van der Waals surface area contributed by atoms with Gasteiger partial charge in [0, 0.05) is 5.56 Å². The maximum atomic E-state index is 12.2. The molecule has 0 radical (unpaired) electrons. The molecule has 2 atom stereocenters. The van der Waals surface area contributed by atoms with Crippen molar-refractivity contribution in [2.75, 3.05) is 26.4 Å². The highest BCUT2D eigenvalue weighted by molar-refractivity contribution is 5.97. The van der Waals surface area contributed by atoms with E-state index in [2.05, 4.69) is 5.32 Å². The average Bonchev–Trinajstić information content (AvgIpc) is 2.68. The summed E-state index contributed by atoms with van der Waals surface area (Å²) in [6.45, 7) is 2.25. The van der Waals surface area contributed by atoms with Crippen LogP contribution < -0.4 is 14.8 Å². The fraction of sp³-hybridized carbons (Fsp3) is 0.316. The highest BCUT2D eigenvalue weighted by Crippen LogP contribution is 2.29. The third-order valence-corrected chi connectivity index (χ3v) is 4.14. The zero-order valence-corrected chi connectivity index (χ0v) is 13.6. The summed E-state index contributed by atoms with van der Waals surface area (Å²) in [6.07, 6.45) is -0.544. The number of amides is 1. The second-order valence-corrected chi connectivity index (χ2v) is 5.92. The van der Waals surface area contributed by atoms with Crippen LogP contribution in [0.1, 0.15) is 22.1 Å². The largest absolute Gasteiger partial charge is 0.491 e. The fourth-order valence-electron chi connectivity index (χ4n) is 2.82. The van der Waals surface area contributed by atoms with Gasteiger partial charge in [-0.05, 0) is 36.4 Å². The van der Waals surface area contributed by atoms with Crippen molar-refractivity contribution < 1.29 is 23.7 Å². The van der Waals surface area contributed by atoms with E-state index in [1.807, 2.05) is 36.4 Å². The van der Waals surface area contributed by atoms with Crippen molar-refractivity contribution in [1.29, 1.82) is 0 Å². The van der Waals surface area contributed by atoms with Gasteiger partial charge in [0.15, 0.2) is 6.23 Å². The molecular formula is C19H19NO5. The molecule has 1 saturated heterocycles. The lowest BCUT2D eigenvalue weighted by Gasteiger charge is -2.27. The van der Waals surface area contributed by atoms with Crippen LogP contribution in [-0.4, -0.2) is 38.4 Å². The minimum atomic E-state index is -0.508. The van der Waals surface area contributed by atoms with Gasteiger partial charge in [-0.15, -0.1) is 0 Å². The molecule has 2 heterocycles. The van der Waals surface area contributed by atoms with Gasteiger partial charge >= 0.3 is 0 Å². The molecule has 0 aliphatic carbocycles. The number of rotatable bonds is 4. The highest BCUT2D eigenvalue weighted by atomic mass is 16.6. The molecule has 0 saturated carbocycles. The smallest absolute Gasteiger partial charge is 0.258 e. The quantitative estimate of drug-likeness (QED) is 0.924. The summed E-state index contributed by atoms with van der Waals surface area (Å²) in [5, 5.41) is 2.85. The first-order valence-corrected chi connectivity index (χ1v) is 8.28. The molecule has 25 heavy (non-hydrogen) atoms. The fourth-order valence-corrected chi connectivity index (χ4v) is 2.82. The molecule has 1 amide bonds. The van der Waals surface area contributed by atoms with E-state index < -0.39 is 6.23 Å². The molecule has 0 unspecified atom stereocenters. The van der Waals surface area contributed by atoms with E-state index in [0.717, 1.165) is 11.3 Å². The lowest BCUT2D eigenvalue weighted by molar-refractivity contribution is -0.101. The van der Waals surface area contributed by atoms with Gasteiger partial charge in [0.25, 0.3) is 5.91 Å². The van der Waals surface area contributed by atoms with Crippen LogP contribution in [0.2, 0.25) is 0 Å². The number of fused-ring (bicyclic) bond motifs is 1. The van der Waals surface area contributed by atoms with Gasteiger partial charge in [0.1, 0.15) is 24.2 Å². The third kappa shape index (κ3) is 3.60. The summed E-state index contributed by atoms with van der Waals surface area (Å²) in [4.78, 5) is 12.2. The van der Waals surface area contributed by atoms with E-state index in [9.17, 15) is 4.79 Å².